The van der Waals surface area contributed by atoms with Gasteiger partial charge in [0.2, 0.25) is 0 Å². The van der Waals surface area contributed by atoms with Gasteiger partial charge in [0.05, 0.1) is 6.10 Å². The summed E-state index contributed by atoms with van der Waals surface area (Å²) in [6.45, 7) is 6.12. The van der Waals surface area contributed by atoms with E-state index in [2.05, 4.69) is 12.2 Å². The minimum atomic E-state index is 0.516. The largest absolute Gasteiger partial charge is 0.381 e. The minimum Gasteiger partial charge on any atom is -0.381 e. The molecule has 2 saturated carbocycles. The molecule has 2 aliphatic carbocycles. The van der Waals surface area contributed by atoms with Crippen LogP contribution in [0.2, 0.25) is 0 Å². The smallest absolute Gasteiger partial charge is 0.0661 e. The van der Waals surface area contributed by atoms with Crippen LogP contribution in [0.25, 0.3) is 0 Å². The van der Waals surface area contributed by atoms with E-state index in [1.54, 1.807) is 0 Å². The molecule has 18 heavy (non-hydrogen) atoms. The predicted octanol–water partition coefficient (Wildman–Crippen LogP) is 2.35. The summed E-state index contributed by atoms with van der Waals surface area (Å²) in [7, 11) is 0. The number of nitrogens with one attached hydrogen (secondary N) is 1. The van der Waals surface area contributed by atoms with Crippen LogP contribution in [0.5, 0.6) is 0 Å². The van der Waals surface area contributed by atoms with E-state index in [1.807, 2.05) is 0 Å². The van der Waals surface area contributed by atoms with E-state index in [1.165, 1.54) is 45.1 Å². The summed E-state index contributed by atoms with van der Waals surface area (Å²) < 4.78 is 11.3. The van der Waals surface area contributed by atoms with Gasteiger partial charge in [0, 0.05) is 31.3 Å². The average molecular weight is 253 g/mol. The van der Waals surface area contributed by atoms with Crippen LogP contribution in [0, 0.1) is 11.3 Å². The maximum atomic E-state index is 5.89. The van der Waals surface area contributed by atoms with Crippen molar-refractivity contribution in [1.29, 1.82) is 0 Å². The van der Waals surface area contributed by atoms with E-state index in [-0.39, 0.29) is 0 Å². The molecule has 104 valence electrons. The van der Waals surface area contributed by atoms with Crippen LogP contribution in [0.3, 0.4) is 0 Å². The van der Waals surface area contributed by atoms with Crippen LogP contribution in [-0.2, 0) is 9.47 Å². The molecule has 3 aliphatic rings. The number of rotatable bonds is 6. The van der Waals surface area contributed by atoms with Gasteiger partial charge >= 0.3 is 0 Å². The van der Waals surface area contributed by atoms with Gasteiger partial charge < -0.3 is 14.8 Å². The van der Waals surface area contributed by atoms with Crippen LogP contribution in [0.15, 0.2) is 0 Å². The Labute approximate surface area is 111 Å². The SMILES string of the molecule is CCOC1CC(NCCC2CCOC2)C12CCC2. The lowest BCUT2D eigenvalue weighted by molar-refractivity contribution is -0.172. The third kappa shape index (κ3) is 2.21. The molecular formula is C15H27NO2. The zero-order valence-corrected chi connectivity index (χ0v) is 11.6. The van der Waals surface area contributed by atoms with E-state index in [4.69, 9.17) is 9.47 Å². The highest BCUT2D eigenvalue weighted by atomic mass is 16.5. The molecular weight excluding hydrogens is 226 g/mol. The summed E-state index contributed by atoms with van der Waals surface area (Å²) >= 11 is 0. The van der Waals surface area contributed by atoms with Crippen molar-refractivity contribution >= 4 is 0 Å². The fourth-order valence-electron chi connectivity index (χ4n) is 4.00. The molecule has 1 saturated heterocycles. The molecule has 3 fully saturated rings. The summed E-state index contributed by atoms with van der Waals surface area (Å²) in [5.41, 5.74) is 0.516. The maximum absolute atomic E-state index is 5.89. The van der Waals surface area contributed by atoms with Gasteiger partial charge in [-0.05, 0) is 51.5 Å². The van der Waals surface area contributed by atoms with Gasteiger partial charge in [-0.15, -0.1) is 0 Å². The van der Waals surface area contributed by atoms with Crippen molar-refractivity contribution in [3.63, 3.8) is 0 Å². The second-order valence-corrected chi connectivity index (χ2v) is 6.29. The fourth-order valence-corrected chi connectivity index (χ4v) is 4.00. The second-order valence-electron chi connectivity index (χ2n) is 6.29. The fraction of sp³-hybridized carbons (Fsp3) is 1.00. The Morgan fingerprint density at radius 2 is 2.28 bits per heavy atom. The van der Waals surface area contributed by atoms with Crippen LogP contribution >= 0.6 is 0 Å². The first kappa shape index (κ1) is 12.9. The summed E-state index contributed by atoms with van der Waals surface area (Å²) in [5, 5.41) is 3.79. The first-order valence-electron chi connectivity index (χ1n) is 7.78. The van der Waals surface area contributed by atoms with Crippen molar-refractivity contribution in [2.45, 2.75) is 57.6 Å². The van der Waals surface area contributed by atoms with E-state index in [9.17, 15) is 0 Å². The molecule has 1 N–H and O–H groups in total. The first-order chi connectivity index (χ1) is 8.85. The lowest BCUT2D eigenvalue weighted by Gasteiger charge is -2.61. The lowest BCUT2D eigenvalue weighted by atomic mass is 9.51. The topological polar surface area (TPSA) is 30.5 Å². The van der Waals surface area contributed by atoms with Gasteiger partial charge in [0.15, 0.2) is 0 Å². The van der Waals surface area contributed by atoms with Crippen molar-refractivity contribution in [2.24, 2.45) is 11.3 Å². The molecule has 3 heteroatoms. The van der Waals surface area contributed by atoms with Crippen LogP contribution in [0.4, 0.5) is 0 Å². The van der Waals surface area contributed by atoms with Crippen LogP contribution < -0.4 is 5.32 Å². The number of hydrogen-bond donors (Lipinski definition) is 1. The van der Waals surface area contributed by atoms with Gasteiger partial charge in [-0.2, -0.15) is 0 Å². The Morgan fingerprint density at radius 1 is 1.39 bits per heavy atom. The van der Waals surface area contributed by atoms with Crippen LogP contribution in [-0.4, -0.2) is 38.5 Å². The van der Waals surface area contributed by atoms with Gasteiger partial charge in [-0.25, -0.2) is 0 Å². The van der Waals surface area contributed by atoms with Crippen molar-refractivity contribution in [2.75, 3.05) is 26.4 Å². The van der Waals surface area contributed by atoms with Gasteiger partial charge in [-0.3, -0.25) is 0 Å². The third-order valence-electron chi connectivity index (χ3n) is 5.40. The van der Waals surface area contributed by atoms with Crippen molar-refractivity contribution in [3.05, 3.63) is 0 Å². The number of hydrogen-bond acceptors (Lipinski definition) is 3. The van der Waals surface area contributed by atoms with Gasteiger partial charge in [-0.1, -0.05) is 6.42 Å². The molecule has 0 radical (unpaired) electrons. The molecule has 1 spiro atoms. The summed E-state index contributed by atoms with van der Waals surface area (Å²) in [6, 6.07) is 0.727. The molecule has 0 amide bonds. The van der Waals surface area contributed by atoms with Gasteiger partial charge in [0.25, 0.3) is 0 Å². The number of ether oxygens (including phenoxy) is 2. The normalized spacial score (nSPS) is 37.5. The Bertz CT molecular complexity index is 272. The Kier molecular flexibility index (Phi) is 3.92. The predicted molar refractivity (Wildman–Crippen MR) is 71.6 cm³/mol. The molecule has 1 aliphatic heterocycles. The standard InChI is InChI=1S/C15H27NO2/c1-2-18-14-10-13(15(14)6-3-7-15)16-8-4-12-5-9-17-11-12/h12-14,16H,2-11H2,1H3. The molecule has 3 atom stereocenters. The molecule has 3 nitrogen and oxygen atoms in total. The molecule has 0 aromatic heterocycles. The van der Waals surface area contributed by atoms with E-state index < -0.39 is 0 Å². The molecule has 3 unspecified atom stereocenters. The average Bonchev–Trinajstić information content (AvgIpc) is 2.77. The molecule has 3 rings (SSSR count). The monoisotopic (exact) mass is 253 g/mol. The Morgan fingerprint density at radius 3 is 2.89 bits per heavy atom. The lowest BCUT2D eigenvalue weighted by Crippen LogP contribution is -2.67. The quantitative estimate of drug-likeness (QED) is 0.788. The molecule has 0 bridgehead atoms. The maximum Gasteiger partial charge on any atom is 0.0661 e. The van der Waals surface area contributed by atoms with E-state index in [0.717, 1.165) is 31.8 Å². The van der Waals surface area contributed by atoms with Gasteiger partial charge in [0.1, 0.15) is 0 Å². The highest BCUT2D eigenvalue weighted by Crippen LogP contribution is 2.57. The van der Waals surface area contributed by atoms with Crippen molar-refractivity contribution in [1.82, 2.24) is 5.32 Å². The van der Waals surface area contributed by atoms with Crippen LogP contribution in [0.1, 0.15) is 45.4 Å². The summed E-state index contributed by atoms with van der Waals surface area (Å²) in [6.07, 6.45) is 8.48. The second kappa shape index (κ2) is 5.48. The highest BCUT2D eigenvalue weighted by Gasteiger charge is 2.58. The van der Waals surface area contributed by atoms with E-state index >= 15 is 0 Å². The molecule has 0 aromatic rings. The first-order valence-corrected chi connectivity index (χ1v) is 7.78. The van der Waals surface area contributed by atoms with Crippen molar-refractivity contribution < 1.29 is 9.47 Å². The Balaban J connectivity index is 1.40. The zero-order valence-electron chi connectivity index (χ0n) is 11.6. The third-order valence-corrected chi connectivity index (χ3v) is 5.40. The van der Waals surface area contributed by atoms with E-state index in [0.29, 0.717) is 11.5 Å². The zero-order chi connectivity index (χ0) is 12.4. The highest BCUT2D eigenvalue weighted by molar-refractivity contribution is 5.12. The Hall–Kier alpha value is -0.120. The summed E-state index contributed by atoms with van der Waals surface area (Å²) in [5.74, 6) is 0.803. The minimum absolute atomic E-state index is 0.516. The molecule has 0 aromatic carbocycles. The summed E-state index contributed by atoms with van der Waals surface area (Å²) in [4.78, 5) is 0. The van der Waals surface area contributed by atoms with Crippen molar-refractivity contribution in [3.8, 4) is 0 Å². The molecule has 1 heterocycles.